The van der Waals surface area contributed by atoms with Crippen molar-refractivity contribution in [1.82, 2.24) is 34.4 Å². The molecule has 1 saturated carbocycles. The number of rotatable bonds is 6. The molecule has 2 fully saturated rings. The fourth-order valence-electron chi connectivity index (χ4n) is 6.00. The first kappa shape index (κ1) is 23.7. The minimum absolute atomic E-state index is 0.0501. The highest BCUT2D eigenvalue weighted by atomic mass is 32.2. The summed E-state index contributed by atoms with van der Waals surface area (Å²) in [6.45, 7) is 4.60. The van der Waals surface area contributed by atoms with Gasteiger partial charge in [0, 0.05) is 44.4 Å². The van der Waals surface area contributed by atoms with E-state index in [1.165, 1.54) is 34.4 Å². The number of fused-ring (bicyclic) bond motifs is 2. The lowest BCUT2D eigenvalue weighted by atomic mass is 9.88. The highest BCUT2D eigenvalue weighted by Gasteiger charge is 2.71. The summed E-state index contributed by atoms with van der Waals surface area (Å²) in [5.74, 6) is -0.274. The molecule has 1 aliphatic heterocycles. The Labute approximate surface area is 213 Å². The Morgan fingerprint density at radius 1 is 1.19 bits per heavy atom. The van der Waals surface area contributed by atoms with Crippen LogP contribution in [-0.2, 0) is 27.3 Å². The van der Waals surface area contributed by atoms with Crippen molar-refractivity contribution in [2.45, 2.75) is 24.3 Å². The minimum atomic E-state index is -3.81. The number of piperidine rings is 1. The highest BCUT2D eigenvalue weighted by Crippen LogP contribution is 2.65. The summed E-state index contributed by atoms with van der Waals surface area (Å²) in [6.07, 6.45) is 3.03. The van der Waals surface area contributed by atoms with E-state index in [1.54, 1.807) is 30.1 Å². The Hall–Kier alpha value is -3.64. The highest BCUT2D eigenvalue weighted by molar-refractivity contribution is 7.89. The van der Waals surface area contributed by atoms with E-state index in [-0.39, 0.29) is 28.6 Å². The monoisotopic (exact) mass is 523 g/mol. The Morgan fingerprint density at radius 3 is 2.62 bits per heavy atom. The van der Waals surface area contributed by atoms with Gasteiger partial charge in [-0.05, 0) is 66.3 Å². The van der Waals surface area contributed by atoms with Crippen molar-refractivity contribution < 1.29 is 17.6 Å². The number of halogens is 1. The van der Waals surface area contributed by atoms with Crippen LogP contribution >= 0.6 is 0 Å². The molecular formula is C25H26FN7O3S. The molecule has 3 unspecified atom stereocenters. The topological polar surface area (TPSA) is 115 Å². The van der Waals surface area contributed by atoms with E-state index in [2.05, 4.69) is 26.7 Å². The lowest BCUT2D eigenvalue weighted by Gasteiger charge is -2.24. The molecule has 1 saturated heterocycles. The van der Waals surface area contributed by atoms with Gasteiger partial charge in [-0.3, -0.25) is 4.79 Å². The van der Waals surface area contributed by atoms with E-state index in [0.717, 1.165) is 27.7 Å². The number of carbonyl (C=O) groups excluding carboxylic acids is 1. The maximum absolute atomic E-state index is 13.4. The van der Waals surface area contributed by atoms with E-state index >= 15 is 0 Å². The van der Waals surface area contributed by atoms with Gasteiger partial charge in [-0.2, -0.15) is 19.3 Å². The number of nitrogens with zero attached hydrogens (tertiary/aromatic N) is 6. The number of carbonyl (C=O) groups is 1. The zero-order valence-corrected chi connectivity index (χ0v) is 21.4. The lowest BCUT2D eigenvalue weighted by molar-refractivity contribution is -0.119. The SMILES string of the molecule is CC(=O)NCC1C2CN(S(=O)(=O)c3cnn(C)n3)CC12c1cc2cnn(-c3ccc(F)cc3)c2cc1C. The molecule has 192 valence electrons. The molecule has 1 aliphatic carbocycles. The second-order valence-electron chi connectivity index (χ2n) is 9.92. The summed E-state index contributed by atoms with van der Waals surface area (Å²) in [7, 11) is -2.23. The summed E-state index contributed by atoms with van der Waals surface area (Å²) in [5, 5.41) is 16.2. The molecule has 2 aromatic carbocycles. The van der Waals surface area contributed by atoms with Crippen LogP contribution in [0.15, 0.2) is 53.8 Å². The van der Waals surface area contributed by atoms with Crippen LogP contribution in [0.25, 0.3) is 16.6 Å². The van der Waals surface area contributed by atoms with Gasteiger partial charge in [-0.1, -0.05) is 0 Å². The average molecular weight is 524 g/mol. The van der Waals surface area contributed by atoms with Crippen LogP contribution in [0.3, 0.4) is 0 Å². The van der Waals surface area contributed by atoms with E-state index in [4.69, 9.17) is 0 Å². The van der Waals surface area contributed by atoms with Crippen LogP contribution in [0.5, 0.6) is 0 Å². The van der Waals surface area contributed by atoms with Gasteiger partial charge in [0.05, 0.1) is 23.6 Å². The fraction of sp³-hybridized carbons (Fsp3) is 0.360. The molecule has 1 amide bonds. The first-order chi connectivity index (χ1) is 17.6. The van der Waals surface area contributed by atoms with Crippen molar-refractivity contribution in [1.29, 1.82) is 0 Å². The van der Waals surface area contributed by atoms with Crippen molar-refractivity contribution in [2.75, 3.05) is 19.6 Å². The van der Waals surface area contributed by atoms with Crippen LogP contribution in [-0.4, -0.2) is 63.0 Å². The molecule has 4 aromatic rings. The number of aromatic nitrogens is 5. The van der Waals surface area contributed by atoms with Crippen molar-refractivity contribution in [2.24, 2.45) is 18.9 Å². The Kier molecular flexibility index (Phi) is 5.25. The molecule has 6 rings (SSSR count). The molecule has 2 aliphatic rings. The second kappa shape index (κ2) is 8.18. The van der Waals surface area contributed by atoms with Crippen LogP contribution < -0.4 is 5.32 Å². The van der Waals surface area contributed by atoms with E-state index < -0.39 is 15.4 Å². The molecule has 1 N–H and O–H groups in total. The van der Waals surface area contributed by atoms with E-state index in [1.807, 2.05) is 13.0 Å². The average Bonchev–Trinajstić information content (AvgIpc) is 3.31. The molecule has 0 spiro atoms. The van der Waals surface area contributed by atoms with Gasteiger partial charge in [-0.15, -0.1) is 5.10 Å². The van der Waals surface area contributed by atoms with Crippen LogP contribution in [0.4, 0.5) is 4.39 Å². The molecule has 12 heteroatoms. The number of hydrogen-bond acceptors (Lipinski definition) is 6. The van der Waals surface area contributed by atoms with Crippen molar-refractivity contribution in [3.05, 3.63) is 65.7 Å². The molecule has 2 aromatic heterocycles. The molecule has 37 heavy (non-hydrogen) atoms. The fourth-order valence-corrected chi connectivity index (χ4v) is 7.40. The summed E-state index contributed by atoms with van der Waals surface area (Å²) >= 11 is 0. The zero-order valence-electron chi connectivity index (χ0n) is 20.6. The predicted molar refractivity (Wildman–Crippen MR) is 133 cm³/mol. The third kappa shape index (κ3) is 3.65. The molecule has 0 bridgehead atoms. The van der Waals surface area contributed by atoms with E-state index in [9.17, 15) is 17.6 Å². The van der Waals surface area contributed by atoms with Gasteiger partial charge in [0.2, 0.25) is 10.9 Å². The van der Waals surface area contributed by atoms with Gasteiger partial charge < -0.3 is 5.32 Å². The first-order valence-electron chi connectivity index (χ1n) is 12.0. The van der Waals surface area contributed by atoms with Crippen molar-refractivity contribution in [3.8, 4) is 5.69 Å². The quantitative estimate of drug-likeness (QED) is 0.413. The maximum atomic E-state index is 13.4. The lowest BCUT2D eigenvalue weighted by Crippen LogP contribution is -2.37. The van der Waals surface area contributed by atoms with Gasteiger partial charge in [0.15, 0.2) is 0 Å². The number of amides is 1. The maximum Gasteiger partial charge on any atom is 0.264 e. The Bertz CT molecular complexity index is 1650. The standard InChI is InChI=1S/C25H26FN7O3S/c1-15-8-23-17(10-29-33(23)19-6-4-18(26)5-7-19)9-20(15)25-14-32(13-22(25)21(25)11-27-16(2)34)37(35,36)24-12-28-31(3)30-24/h4-10,12,21-22H,11,13-14H2,1-3H3,(H,27,34). The molecule has 3 atom stereocenters. The number of sulfonamides is 1. The van der Waals surface area contributed by atoms with Crippen molar-refractivity contribution in [3.63, 3.8) is 0 Å². The zero-order chi connectivity index (χ0) is 26.1. The summed E-state index contributed by atoms with van der Waals surface area (Å²) in [4.78, 5) is 12.9. The largest absolute Gasteiger partial charge is 0.356 e. The third-order valence-corrected chi connectivity index (χ3v) is 9.45. The van der Waals surface area contributed by atoms with Crippen LogP contribution in [0, 0.1) is 24.6 Å². The normalized spacial score (nSPS) is 23.4. The third-order valence-electron chi connectivity index (χ3n) is 7.78. The number of hydrogen-bond donors (Lipinski definition) is 1. The van der Waals surface area contributed by atoms with Gasteiger partial charge in [0.25, 0.3) is 10.0 Å². The predicted octanol–water partition coefficient (Wildman–Crippen LogP) is 1.93. The Balaban J connectivity index is 1.40. The molecular weight excluding hydrogens is 497 g/mol. The minimum Gasteiger partial charge on any atom is -0.356 e. The van der Waals surface area contributed by atoms with Crippen molar-refractivity contribution >= 4 is 26.8 Å². The molecule has 3 heterocycles. The molecule has 10 nitrogen and oxygen atoms in total. The van der Waals surface area contributed by atoms with E-state index in [0.29, 0.717) is 19.6 Å². The van der Waals surface area contributed by atoms with Crippen LogP contribution in [0.1, 0.15) is 18.1 Å². The van der Waals surface area contributed by atoms with Gasteiger partial charge in [-0.25, -0.2) is 17.5 Å². The summed E-state index contributed by atoms with van der Waals surface area (Å²) in [5.41, 5.74) is 3.24. The number of aryl methyl sites for hydroxylation is 2. The summed E-state index contributed by atoms with van der Waals surface area (Å²) < 4.78 is 43.4. The number of nitrogens with one attached hydrogen (secondary N) is 1. The molecule has 0 radical (unpaired) electrons. The van der Waals surface area contributed by atoms with Gasteiger partial charge in [0.1, 0.15) is 5.82 Å². The first-order valence-corrected chi connectivity index (χ1v) is 13.4. The van der Waals surface area contributed by atoms with Crippen LogP contribution in [0.2, 0.25) is 0 Å². The second-order valence-corrected chi connectivity index (χ2v) is 11.8. The summed E-state index contributed by atoms with van der Waals surface area (Å²) in [6, 6.07) is 10.3. The number of benzene rings is 2. The Morgan fingerprint density at radius 2 is 1.95 bits per heavy atom. The smallest absolute Gasteiger partial charge is 0.264 e. The van der Waals surface area contributed by atoms with Gasteiger partial charge >= 0.3 is 0 Å².